The summed E-state index contributed by atoms with van der Waals surface area (Å²) in [4.78, 5) is 0. The average Bonchev–Trinajstić information content (AvgIpc) is 1.78. The van der Waals surface area contributed by atoms with Crippen LogP contribution in [0.3, 0.4) is 0 Å². The summed E-state index contributed by atoms with van der Waals surface area (Å²) in [6.07, 6.45) is 0.892. The molecule has 0 spiro atoms. The standard InChI is InChI=1S/C11H25O2Si.BrH.Mg/c1-8-9-14(12-10(2,3)4)13-11(5,6)7;;/h14H,1,8-9H2,2-7H3;1H;/q-1;;+2/p-1. The van der Waals surface area contributed by atoms with Crippen molar-refractivity contribution in [2.45, 2.75) is 65.2 Å². The van der Waals surface area contributed by atoms with Crippen LogP contribution >= 0.6 is 0 Å². The summed E-state index contributed by atoms with van der Waals surface area (Å²) in [5, 5.41) is 0. The minimum atomic E-state index is -1.55. The molecule has 0 aromatic heterocycles. The molecule has 0 heterocycles. The van der Waals surface area contributed by atoms with Gasteiger partial charge < -0.3 is 32.8 Å². The van der Waals surface area contributed by atoms with E-state index >= 15 is 0 Å². The first-order valence-electron chi connectivity index (χ1n) is 5.29. The Labute approximate surface area is 130 Å². The molecule has 0 N–H and O–H groups in total. The molecule has 2 nitrogen and oxygen atoms in total. The molecule has 0 aliphatic rings. The second-order valence-corrected chi connectivity index (χ2v) is 7.44. The summed E-state index contributed by atoms with van der Waals surface area (Å²) in [5.74, 6) is 0. The molecule has 0 saturated carbocycles. The summed E-state index contributed by atoms with van der Waals surface area (Å²) in [6, 6.07) is 0.981. The number of hydrogen-bond acceptors (Lipinski definition) is 2. The fourth-order valence-corrected chi connectivity index (χ4v) is 3.29. The van der Waals surface area contributed by atoms with E-state index < -0.39 is 9.28 Å². The zero-order chi connectivity index (χ0) is 11.4. The molecule has 0 fully saturated rings. The molecule has 0 unspecified atom stereocenters. The van der Waals surface area contributed by atoms with Gasteiger partial charge in [-0.1, -0.05) is 0 Å². The van der Waals surface area contributed by atoms with E-state index in [-0.39, 0.29) is 51.2 Å². The van der Waals surface area contributed by atoms with Crippen LogP contribution in [0, 0.1) is 6.92 Å². The summed E-state index contributed by atoms with van der Waals surface area (Å²) in [7, 11) is -1.55. The van der Waals surface area contributed by atoms with Crippen LogP contribution in [0.15, 0.2) is 0 Å². The van der Waals surface area contributed by atoms with E-state index in [2.05, 4.69) is 48.5 Å². The van der Waals surface area contributed by atoms with Crippen molar-refractivity contribution in [1.82, 2.24) is 0 Å². The first-order valence-corrected chi connectivity index (χ1v) is 7.05. The maximum Gasteiger partial charge on any atom is 2.00 e. The molecule has 0 aromatic carbocycles. The van der Waals surface area contributed by atoms with Gasteiger partial charge in [0.15, 0.2) is 0 Å². The van der Waals surface area contributed by atoms with Crippen molar-refractivity contribution in [3.05, 3.63) is 6.92 Å². The topological polar surface area (TPSA) is 18.5 Å². The largest absolute Gasteiger partial charge is 2.00 e. The summed E-state index contributed by atoms with van der Waals surface area (Å²) in [6.45, 7) is 16.3. The van der Waals surface area contributed by atoms with Crippen LogP contribution in [0.4, 0.5) is 0 Å². The molecular weight excluding hydrogens is 296 g/mol. The van der Waals surface area contributed by atoms with Gasteiger partial charge in [0.1, 0.15) is 0 Å². The minimum Gasteiger partial charge on any atom is -1.00 e. The van der Waals surface area contributed by atoms with E-state index in [1.165, 1.54) is 0 Å². The molecule has 0 atom stereocenters. The summed E-state index contributed by atoms with van der Waals surface area (Å²) in [5.41, 5.74) is -0.200. The summed E-state index contributed by atoms with van der Waals surface area (Å²) < 4.78 is 11.9. The van der Waals surface area contributed by atoms with Gasteiger partial charge in [-0.25, -0.2) is 0 Å². The molecule has 16 heavy (non-hydrogen) atoms. The second-order valence-electron chi connectivity index (χ2n) is 5.53. The van der Waals surface area contributed by atoms with Crippen LogP contribution in [-0.4, -0.2) is 43.5 Å². The molecule has 0 aromatic rings. The van der Waals surface area contributed by atoms with Gasteiger partial charge in [-0.05, 0) is 47.6 Å². The zero-order valence-corrected chi connectivity index (χ0v) is 15.8. The normalized spacial score (nSPS) is 12.0. The average molecular weight is 322 g/mol. The Kier molecular flexibility index (Phi) is 13.2. The molecule has 94 valence electrons. The third-order valence-electron chi connectivity index (χ3n) is 1.41. The third kappa shape index (κ3) is 15.4. The first kappa shape index (κ1) is 22.6. The fourth-order valence-electron chi connectivity index (χ4n) is 1.10. The van der Waals surface area contributed by atoms with Crippen LogP contribution < -0.4 is 17.0 Å². The predicted octanol–water partition coefficient (Wildman–Crippen LogP) is -0.316. The van der Waals surface area contributed by atoms with Gasteiger partial charge in [-0.2, -0.15) is 6.42 Å². The predicted molar refractivity (Wildman–Crippen MR) is 69.4 cm³/mol. The van der Waals surface area contributed by atoms with E-state index in [4.69, 9.17) is 8.85 Å². The SMILES string of the molecule is [Br-].[CH2-]CC[SiH](OC(C)(C)C)OC(C)(C)C.[Mg+2]. The van der Waals surface area contributed by atoms with Crippen molar-refractivity contribution < 1.29 is 25.8 Å². The van der Waals surface area contributed by atoms with Gasteiger partial charge in [0.05, 0.1) is 0 Å². The van der Waals surface area contributed by atoms with Crippen molar-refractivity contribution in [2.75, 3.05) is 0 Å². The first-order chi connectivity index (χ1) is 6.14. The van der Waals surface area contributed by atoms with Crippen molar-refractivity contribution in [1.29, 1.82) is 0 Å². The second kappa shape index (κ2) is 9.33. The summed E-state index contributed by atoms with van der Waals surface area (Å²) >= 11 is 0. The molecule has 0 radical (unpaired) electrons. The van der Waals surface area contributed by atoms with E-state index in [1.54, 1.807) is 0 Å². The van der Waals surface area contributed by atoms with Crippen LogP contribution in [0.5, 0.6) is 0 Å². The zero-order valence-electron chi connectivity index (χ0n) is 11.6. The van der Waals surface area contributed by atoms with Gasteiger partial charge in [-0.15, -0.1) is 0 Å². The molecule has 0 bridgehead atoms. The molecule has 0 aliphatic heterocycles. The van der Waals surface area contributed by atoms with E-state index in [0.717, 1.165) is 12.5 Å². The Balaban J connectivity index is -0.000000845. The Morgan fingerprint density at radius 3 is 1.44 bits per heavy atom. The van der Waals surface area contributed by atoms with Gasteiger partial charge in [-0.3, -0.25) is 0 Å². The monoisotopic (exact) mass is 320 g/mol. The maximum atomic E-state index is 5.93. The van der Waals surface area contributed by atoms with Crippen molar-refractivity contribution in [3.8, 4) is 0 Å². The van der Waals surface area contributed by atoms with Crippen LogP contribution in [-0.2, 0) is 8.85 Å². The van der Waals surface area contributed by atoms with E-state index in [0.29, 0.717) is 0 Å². The molecule has 5 heteroatoms. The Hall–Kier alpha value is 1.38. The Morgan fingerprint density at radius 1 is 0.938 bits per heavy atom. The minimum absolute atomic E-state index is 0. The van der Waals surface area contributed by atoms with E-state index in [1.807, 2.05) is 0 Å². The molecule has 0 rings (SSSR count). The molecule has 0 amide bonds. The Bertz CT molecular complexity index is 150. The fraction of sp³-hybridized carbons (Fsp3) is 0.909. The van der Waals surface area contributed by atoms with Crippen LogP contribution in [0.2, 0.25) is 6.04 Å². The van der Waals surface area contributed by atoms with Crippen LogP contribution in [0.1, 0.15) is 48.0 Å². The molecule has 0 saturated heterocycles. The van der Waals surface area contributed by atoms with Crippen molar-refractivity contribution >= 4 is 32.3 Å². The molecule has 0 aliphatic carbocycles. The van der Waals surface area contributed by atoms with Gasteiger partial charge in [0.2, 0.25) is 0 Å². The Morgan fingerprint density at radius 2 is 1.25 bits per heavy atom. The van der Waals surface area contributed by atoms with Gasteiger partial charge >= 0.3 is 32.3 Å². The smallest absolute Gasteiger partial charge is 1.00 e. The van der Waals surface area contributed by atoms with Crippen molar-refractivity contribution in [3.63, 3.8) is 0 Å². The number of halogens is 1. The van der Waals surface area contributed by atoms with E-state index in [9.17, 15) is 0 Å². The molecular formula is C11H25BrMgO2Si. The number of rotatable bonds is 4. The van der Waals surface area contributed by atoms with Crippen molar-refractivity contribution in [2.24, 2.45) is 0 Å². The quantitative estimate of drug-likeness (QED) is 0.522. The number of hydrogen-bond donors (Lipinski definition) is 0. The third-order valence-corrected chi connectivity index (χ3v) is 4.23. The van der Waals surface area contributed by atoms with Gasteiger partial charge in [0, 0.05) is 11.2 Å². The maximum absolute atomic E-state index is 5.93. The van der Waals surface area contributed by atoms with Crippen LogP contribution in [0.25, 0.3) is 0 Å². The van der Waals surface area contributed by atoms with Gasteiger partial charge in [0.25, 0.3) is 0 Å².